The van der Waals surface area contributed by atoms with Gasteiger partial charge in [0.2, 0.25) is 10.0 Å². The van der Waals surface area contributed by atoms with Crippen LogP contribution >= 0.6 is 15.9 Å². The summed E-state index contributed by atoms with van der Waals surface area (Å²) in [5, 5.41) is 0.735. The first-order valence-electron chi connectivity index (χ1n) is 7.70. The van der Waals surface area contributed by atoms with Crippen LogP contribution in [0.1, 0.15) is 51.0 Å². The summed E-state index contributed by atoms with van der Waals surface area (Å²) in [6, 6.07) is 7.06. The second-order valence-corrected chi connectivity index (χ2v) is 8.21. The number of rotatable bonds is 5. The standard InChI is InChI=1S/C16H24BrNO2S/c1-13(15-6-4-2-3-5-7-15)18-21(19,20)16-10-8-14(12-17)9-11-16/h8-11,13,15,18H,2-7,12H2,1H3/t13-/m0/s1. The zero-order valence-electron chi connectivity index (χ0n) is 12.5. The van der Waals surface area contributed by atoms with Crippen LogP contribution in [0.2, 0.25) is 0 Å². The highest BCUT2D eigenvalue weighted by atomic mass is 79.9. The molecular formula is C16H24BrNO2S. The molecule has 1 aliphatic carbocycles. The molecular weight excluding hydrogens is 350 g/mol. The molecule has 1 saturated carbocycles. The van der Waals surface area contributed by atoms with Gasteiger partial charge >= 0.3 is 0 Å². The van der Waals surface area contributed by atoms with Crippen LogP contribution in [-0.4, -0.2) is 14.5 Å². The smallest absolute Gasteiger partial charge is 0.208 e. The van der Waals surface area contributed by atoms with E-state index in [1.807, 2.05) is 19.1 Å². The fraction of sp³-hybridized carbons (Fsp3) is 0.625. The Balaban J connectivity index is 2.04. The fourth-order valence-corrected chi connectivity index (χ4v) is 4.66. The van der Waals surface area contributed by atoms with Crippen molar-refractivity contribution in [1.29, 1.82) is 0 Å². The first kappa shape index (κ1) is 17.0. The van der Waals surface area contributed by atoms with Gasteiger partial charge in [-0.2, -0.15) is 0 Å². The Bertz CT molecular complexity index is 534. The molecule has 1 aromatic rings. The number of hydrogen-bond acceptors (Lipinski definition) is 2. The molecule has 0 spiro atoms. The lowest BCUT2D eigenvalue weighted by atomic mass is 9.94. The maximum atomic E-state index is 12.4. The molecule has 0 aliphatic heterocycles. The Labute approximate surface area is 136 Å². The minimum Gasteiger partial charge on any atom is -0.208 e. The normalized spacial score (nSPS) is 19.1. The Hall–Kier alpha value is -0.390. The summed E-state index contributed by atoms with van der Waals surface area (Å²) in [6.45, 7) is 2.00. The SMILES string of the molecule is C[C@H](NS(=O)(=O)c1ccc(CBr)cc1)C1CCCCCC1. The van der Waals surface area contributed by atoms with Crippen LogP contribution < -0.4 is 4.72 Å². The molecule has 0 unspecified atom stereocenters. The van der Waals surface area contributed by atoms with Crippen molar-refractivity contribution in [2.24, 2.45) is 5.92 Å². The quantitative estimate of drug-likeness (QED) is 0.620. The molecule has 1 atom stereocenters. The predicted molar refractivity (Wildman–Crippen MR) is 90.0 cm³/mol. The van der Waals surface area contributed by atoms with E-state index in [0.29, 0.717) is 10.8 Å². The lowest BCUT2D eigenvalue weighted by Gasteiger charge is -2.23. The van der Waals surface area contributed by atoms with E-state index in [1.165, 1.54) is 25.7 Å². The van der Waals surface area contributed by atoms with Gasteiger partial charge in [-0.1, -0.05) is 53.7 Å². The molecule has 0 heterocycles. The van der Waals surface area contributed by atoms with Crippen molar-refractivity contribution >= 4 is 26.0 Å². The Kier molecular flexibility index (Phi) is 6.26. The highest BCUT2D eigenvalue weighted by Crippen LogP contribution is 2.26. The monoisotopic (exact) mass is 373 g/mol. The summed E-state index contributed by atoms with van der Waals surface area (Å²) >= 11 is 3.37. The summed E-state index contributed by atoms with van der Waals surface area (Å²) < 4.78 is 27.8. The van der Waals surface area contributed by atoms with Gasteiger partial charge in [0.25, 0.3) is 0 Å². The summed E-state index contributed by atoms with van der Waals surface area (Å²) in [5.74, 6) is 0.462. The fourth-order valence-electron chi connectivity index (χ4n) is 2.98. The first-order chi connectivity index (χ1) is 10.0. The molecule has 0 bridgehead atoms. The minimum absolute atomic E-state index is 0.00366. The Morgan fingerprint density at radius 2 is 1.71 bits per heavy atom. The van der Waals surface area contributed by atoms with E-state index in [2.05, 4.69) is 20.7 Å². The van der Waals surface area contributed by atoms with E-state index in [-0.39, 0.29) is 6.04 Å². The van der Waals surface area contributed by atoms with Crippen molar-refractivity contribution in [3.63, 3.8) is 0 Å². The van der Waals surface area contributed by atoms with E-state index in [9.17, 15) is 8.42 Å². The van der Waals surface area contributed by atoms with Gasteiger partial charge in [-0.05, 0) is 43.4 Å². The van der Waals surface area contributed by atoms with Gasteiger partial charge in [-0.3, -0.25) is 0 Å². The van der Waals surface area contributed by atoms with E-state index < -0.39 is 10.0 Å². The largest absolute Gasteiger partial charge is 0.240 e. The van der Waals surface area contributed by atoms with Crippen LogP contribution in [0.3, 0.4) is 0 Å². The van der Waals surface area contributed by atoms with Crippen LogP contribution in [0.4, 0.5) is 0 Å². The number of nitrogens with one attached hydrogen (secondary N) is 1. The van der Waals surface area contributed by atoms with E-state index in [0.717, 1.165) is 23.7 Å². The molecule has 3 nitrogen and oxygen atoms in total. The Morgan fingerprint density at radius 1 is 1.14 bits per heavy atom. The molecule has 118 valence electrons. The highest BCUT2D eigenvalue weighted by molar-refractivity contribution is 9.08. The summed E-state index contributed by atoms with van der Waals surface area (Å²) in [4.78, 5) is 0.354. The first-order valence-corrected chi connectivity index (χ1v) is 10.3. The van der Waals surface area contributed by atoms with E-state index in [4.69, 9.17) is 0 Å². The molecule has 21 heavy (non-hydrogen) atoms. The zero-order valence-corrected chi connectivity index (χ0v) is 14.9. The molecule has 1 fully saturated rings. The maximum Gasteiger partial charge on any atom is 0.240 e. The zero-order chi connectivity index (χ0) is 15.3. The lowest BCUT2D eigenvalue weighted by molar-refractivity contribution is 0.370. The van der Waals surface area contributed by atoms with Crippen molar-refractivity contribution in [3.8, 4) is 0 Å². The molecule has 0 saturated heterocycles. The second-order valence-electron chi connectivity index (χ2n) is 5.94. The summed E-state index contributed by atoms with van der Waals surface area (Å²) in [7, 11) is -3.41. The lowest BCUT2D eigenvalue weighted by Crippen LogP contribution is -2.37. The number of halogens is 1. The van der Waals surface area contributed by atoms with Crippen LogP contribution in [0.25, 0.3) is 0 Å². The van der Waals surface area contributed by atoms with Gasteiger partial charge in [0.05, 0.1) is 4.90 Å². The molecule has 0 amide bonds. The Morgan fingerprint density at radius 3 is 2.24 bits per heavy atom. The number of hydrogen-bond donors (Lipinski definition) is 1. The third kappa shape index (κ3) is 4.80. The molecule has 1 aromatic carbocycles. The minimum atomic E-state index is -3.41. The predicted octanol–water partition coefficient (Wildman–Crippen LogP) is 4.22. The van der Waals surface area contributed by atoms with Crippen LogP contribution in [0, 0.1) is 5.92 Å². The molecule has 1 aliphatic rings. The maximum absolute atomic E-state index is 12.4. The summed E-state index contributed by atoms with van der Waals surface area (Å²) in [6.07, 6.45) is 7.26. The number of benzene rings is 1. The summed E-state index contributed by atoms with van der Waals surface area (Å²) in [5.41, 5.74) is 1.07. The van der Waals surface area contributed by atoms with Gasteiger partial charge in [-0.15, -0.1) is 0 Å². The van der Waals surface area contributed by atoms with Gasteiger partial charge in [0.15, 0.2) is 0 Å². The van der Waals surface area contributed by atoms with Crippen LogP contribution in [-0.2, 0) is 15.4 Å². The van der Waals surface area contributed by atoms with Crippen molar-refractivity contribution < 1.29 is 8.42 Å². The third-order valence-corrected chi connectivity index (χ3v) is 6.56. The molecule has 5 heteroatoms. The molecule has 1 N–H and O–H groups in total. The molecule has 0 aromatic heterocycles. The third-order valence-electron chi connectivity index (χ3n) is 4.34. The second kappa shape index (κ2) is 7.75. The number of alkyl halides is 1. The van der Waals surface area contributed by atoms with Crippen molar-refractivity contribution in [2.75, 3.05) is 0 Å². The van der Waals surface area contributed by atoms with Crippen molar-refractivity contribution in [1.82, 2.24) is 4.72 Å². The topological polar surface area (TPSA) is 46.2 Å². The molecule has 2 rings (SSSR count). The van der Waals surface area contributed by atoms with Gasteiger partial charge in [-0.25, -0.2) is 13.1 Å². The molecule has 0 radical (unpaired) electrons. The highest BCUT2D eigenvalue weighted by Gasteiger charge is 2.24. The van der Waals surface area contributed by atoms with Gasteiger partial charge in [0.1, 0.15) is 0 Å². The average Bonchev–Trinajstić information content (AvgIpc) is 2.76. The van der Waals surface area contributed by atoms with Crippen LogP contribution in [0.15, 0.2) is 29.2 Å². The van der Waals surface area contributed by atoms with E-state index >= 15 is 0 Å². The van der Waals surface area contributed by atoms with Gasteiger partial charge in [0, 0.05) is 11.4 Å². The van der Waals surface area contributed by atoms with Crippen molar-refractivity contribution in [2.45, 2.75) is 61.7 Å². The van der Waals surface area contributed by atoms with E-state index in [1.54, 1.807) is 12.1 Å². The van der Waals surface area contributed by atoms with Gasteiger partial charge < -0.3 is 0 Å². The number of sulfonamides is 1. The van der Waals surface area contributed by atoms with Crippen molar-refractivity contribution in [3.05, 3.63) is 29.8 Å². The van der Waals surface area contributed by atoms with Crippen LogP contribution in [0.5, 0.6) is 0 Å². The average molecular weight is 374 g/mol.